The zero-order chi connectivity index (χ0) is 26.8. The molecule has 5 nitrogen and oxygen atoms in total. The van der Waals surface area contributed by atoms with E-state index >= 15 is 0 Å². The van der Waals surface area contributed by atoms with Crippen molar-refractivity contribution in [3.8, 4) is 28.2 Å². The Hall–Kier alpha value is -3.93. The van der Waals surface area contributed by atoms with Crippen molar-refractivity contribution in [2.75, 3.05) is 13.7 Å². The van der Waals surface area contributed by atoms with Crippen LogP contribution in [0.15, 0.2) is 65.1 Å². The van der Waals surface area contributed by atoms with Crippen molar-refractivity contribution in [3.05, 3.63) is 77.6 Å². The van der Waals surface area contributed by atoms with Crippen LogP contribution in [0.25, 0.3) is 33.4 Å². The van der Waals surface area contributed by atoms with E-state index in [1.165, 1.54) is 25.0 Å². The molecular formula is C32H32FNO4. The Morgan fingerprint density at radius 2 is 1.74 bits per heavy atom. The van der Waals surface area contributed by atoms with Gasteiger partial charge >= 0.3 is 0 Å². The minimum Gasteiger partial charge on any atom is -0.493 e. The van der Waals surface area contributed by atoms with Gasteiger partial charge in [-0.2, -0.15) is 0 Å². The van der Waals surface area contributed by atoms with Crippen LogP contribution < -0.4 is 10.1 Å². The van der Waals surface area contributed by atoms with Crippen LogP contribution in [0.3, 0.4) is 0 Å². The standard InChI is InChI=1S/C32H32FNO4/c1-19(2)4-12-28(35)24-14-23(15-26(16-24)37-18-20-5-6-20)22-9-13-29-27(17-22)30(32(36)34-3)31(38-29)21-7-10-25(33)11-8-21/h7-11,13-17,19-20H,4-6,12,18H2,1-3H3,(H,34,36). The van der Waals surface area contributed by atoms with Crippen molar-refractivity contribution in [1.29, 1.82) is 0 Å². The lowest BCUT2D eigenvalue weighted by Crippen LogP contribution is -2.18. The lowest BCUT2D eigenvalue weighted by atomic mass is 9.96. The number of carbonyl (C=O) groups excluding carboxylic acids is 2. The third-order valence-corrected chi connectivity index (χ3v) is 6.94. The summed E-state index contributed by atoms with van der Waals surface area (Å²) in [6, 6.07) is 17.2. The van der Waals surface area contributed by atoms with Crippen LogP contribution in [0.1, 0.15) is 60.2 Å². The Morgan fingerprint density at radius 3 is 2.42 bits per heavy atom. The number of carbonyl (C=O) groups is 2. The van der Waals surface area contributed by atoms with Crippen molar-refractivity contribution >= 4 is 22.7 Å². The van der Waals surface area contributed by atoms with Gasteiger partial charge in [-0.05, 0) is 96.8 Å². The van der Waals surface area contributed by atoms with Gasteiger partial charge in [-0.25, -0.2) is 4.39 Å². The van der Waals surface area contributed by atoms with E-state index in [2.05, 4.69) is 19.2 Å². The molecule has 0 saturated heterocycles. The molecule has 1 aliphatic carbocycles. The Labute approximate surface area is 222 Å². The van der Waals surface area contributed by atoms with Gasteiger partial charge in [0, 0.05) is 30.0 Å². The molecule has 1 saturated carbocycles. The third-order valence-electron chi connectivity index (χ3n) is 6.94. The summed E-state index contributed by atoms with van der Waals surface area (Å²) in [6.45, 7) is 4.86. The van der Waals surface area contributed by atoms with Crippen LogP contribution in [0.5, 0.6) is 5.75 Å². The summed E-state index contributed by atoms with van der Waals surface area (Å²) in [4.78, 5) is 26.0. The summed E-state index contributed by atoms with van der Waals surface area (Å²) in [6.07, 6.45) is 3.65. The number of furan rings is 1. The molecule has 5 rings (SSSR count). The minimum absolute atomic E-state index is 0.0888. The molecule has 4 aromatic rings. The lowest BCUT2D eigenvalue weighted by Gasteiger charge is -2.12. The quantitative estimate of drug-likeness (QED) is 0.221. The molecule has 0 radical (unpaired) electrons. The van der Waals surface area contributed by atoms with E-state index in [1.54, 1.807) is 19.2 Å². The van der Waals surface area contributed by atoms with Crippen molar-refractivity contribution in [2.24, 2.45) is 11.8 Å². The molecular weight excluding hydrogens is 481 g/mol. The molecule has 38 heavy (non-hydrogen) atoms. The van der Waals surface area contributed by atoms with Gasteiger partial charge in [0.2, 0.25) is 0 Å². The van der Waals surface area contributed by atoms with Crippen molar-refractivity contribution in [2.45, 2.75) is 39.5 Å². The Bertz CT molecular complexity index is 1480. The van der Waals surface area contributed by atoms with E-state index in [4.69, 9.17) is 9.15 Å². The van der Waals surface area contributed by atoms with E-state index in [0.29, 0.717) is 64.0 Å². The number of amides is 1. The number of nitrogens with one attached hydrogen (secondary N) is 1. The molecule has 0 unspecified atom stereocenters. The van der Waals surface area contributed by atoms with Gasteiger partial charge in [0.1, 0.15) is 22.9 Å². The summed E-state index contributed by atoms with van der Waals surface area (Å²) in [5, 5.41) is 3.33. The zero-order valence-electron chi connectivity index (χ0n) is 22.0. The van der Waals surface area contributed by atoms with Crippen LogP contribution in [-0.4, -0.2) is 25.3 Å². The van der Waals surface area contributed by atoms with Crippen LogP contribution in [0, 0.1) is 17.7 Å². The topological polar surface area (TPSA) is 68.5 Å². The maximum absolute atomic E-state index is 13.5. The fourth-order valence-electron chi connectivity index (χ4n) is 4.50. The number of halogens is 1. The predicted molar refractivity (Wildman–Crippen MR) is 147 cm³/mol. The first-order valence-corrected chi connectivity index (χ1v) is 13.2. The number of rotatable bonds is 10. The second kappa shape index (κ2) is 10.8. The van der Waals surface area contributed by atoms with Gasteiger partial charge in [-0.15, -0.1) is 0 Å². The van der Waals surface area contributed by atoms with E-state index in [0.717, 1.165) is 17.5 Å². The third kappa shape index (κ3) is 5.64. The summed E-state index contributed by atoms with van der Waals surface area (Å²) in [5.41, 5.74) is 3.83. The maximum Gasteiger partial charge on any atom is 0.255 e. The van der Waals surface area contributed by atoms with Gasteiger partial charge in [0.25, 0.3) is 5.91 Å². The van der Waals surface area contributed by atoms with E-state index in [1.807, 2.05) is 36.4 Å². The summed E-state index contributed by atoms with van der Waals surface area (Å²) in [5.74, 6) is 1.50. The van der Waals surface area contributed by atoms with Gasteiger partial charge in [0.05, 0.1) is 12.2 Å². The average molecular weight is 514 g/mol. The highest BCUT2D eigenvalue weighted by Crippen LogP contribution is 2.37. The first kappa shape index (κ1) is 25.7. The molecule has 0 aliphatic heterocycles. The summed E-state index contributed by atoms with van der Waals surface area (Å²) >= 11 is 0. The highest BCUT2D eigenvalue weighted by atomic mass is 19.1. The molecule has 1 aromatic heterocycles. The Morgan fingerprint density at radius 1 is 1.00 bits per heavy atom. The minimum atomic E-state index is -0.365. The fourth-order valence-corrected chi connectivity index (χ4v) is 4.50. The Balaban J connectivity index is 1.58. The molecule has 1 aliphatic rings. The van der Waals surface area contributed by atoms with Gasteiger partial charge in [-0.3, -0.25) is 9.59 Å². The maximum atomic E-state index is 13.5. The first-order chi connectivity index (χ1) is 18.3. The van der Waals surface area contributed by atoms with Crippen molar-refractivity contribution < 1.29 is 23.1 Å². The smallest absolute Gasteiger partial charge is 0.255 e. The number of ketones is 1. The summed E-state index contributed by atoms with van der Waals surface area (Å²) in [7, 11) is 1.56. The zero-order valence-corrected chi connectivity index (χ0v) is 22.0. The highest BCUT2D eigenvalue weighted by molar-refractivity contribution is 6.12. The fraction of sp³-hybridized carbons (Fsp3) is 0.312. The summed E-state index contributed by atoms with van der Waals surface area (Å²) < 4.78 is 25.7. The predicted octanol–water partition coefficient (Wildman–Crippen LogP) is 7.67. The van der Waals surface area contributed by atoms with Gasteiger partial charge in [-0.1, -0.05) is 19.9 Å². The van der Waals surface area contributed by atoms with Gasteiger partial charge in [0.15, 0.2) is 5.78 Å². The normalized spacial score (nSPS) is 13.2. The molecule has 0 atom stereocenters. The number of hydrogen-bond donors (Lipinski definition) is 1. The average Bonchev–Trinajstić information content (AvgIpc) is 3.68. The van der Waals surface area contributed by atoms with Crippen molar-refractivity contribution in [3.63, 3.8) is 0 Å². The number of hydrogen-bond acceptors (Lipinski definition) is 4. The van der Waals surface area contributed by atoms with Gasteiger partial charge < -0.3 is 14.5 Å². The van der Waals surface area contributed by atoms with E-state index < -0.39 is 0 Å². The van der Waals surface area contributed by atoms with Crippen LogP contribution in [0.2, 0.25) is 0 Å². The molecule has 3 aromatic carbocycles. The SMILES string of the molecule is CNC(=O)c1c(-c2ccc(F)cc2)oc2ccc(-c3cc(OCC4CC4)cc(C(=O)CCC(C)C)c3)cc12. The molecule has 196 valence electrons. The highest BCUT2D eigenvalue weighted by Gasteiger charge is 2.24. The number of benzene rings is 3. The second-order valence-electron chi connectivity index (χ2n) is 10.5. The Kier molecular flexibility index (Phi) is 7.32. The molecule has 1 fully saturated rings. The molecule has 0 bridgehead atoms. The number of fused-ring (bicyclic) bond motifs is 1. The van der Waals surface area contributed by atoms with Crippen molar-refractivity contribution in [1.82, 2.24) is 5.32 Å². The first-order valence-electron chi connectivity index (χ1n) is 13.2. The molecule has 6 heteroatoms. The monoisotopic (exact) mass is 513 g/mol. The molecule has 1 amide bonds. The number of Topliss-reactive ketones (excluding diaryl/α,β-unsaturated/α-hetero) is 1. The van der Waals surface area contributed by atoms with Crippen LogP contribution in [0.4, 0.5) is 4.39 Å². The van der Waals surface area contributed by atoms with Crippen LogP contribution in [-0.2, 0) is 0 Å². The van der Waals surface area contributed by atoms with E-state index in [9.17, 15) is 14.0 Å². The largest absolute Gasteiger partial charge is 0.493 e. The molecule has 1 heterocycles. The second-order valence-corrected chi connectivity index (χ2v) is 10.5. The lowest BCUT2D eigenvalue weighted by molar-refractivity contribution is 0.0960. The molecule has 1 N–H and O–H groups in total. The molecule has 0 spiro atoms. The van der Waals surface area contributed by atoms with Crippen LogP contribution >= 0.6 is 0 Å². The number of ether oxygens (including phenoxy) is 1. The van der Waals surface area contributed by atoms with E-state index in [-0.39, 0.29) is 17.5 Å².